The molecule has 0 bridgehead atoms. The molecule has 0 radical (unpaired) electrons. The summed E-state index contributed by atoms with van der Waals surface area (Å²) >= 11 is 0. The van der Waals surface area contributed by atoms with Gasteiger partial charge >= 0.3 is 0 Å². The normalized spacial score (nSPS) is 17.4. The maximum absolute atomic E-state index is 10.4. The zero-order valence-corrected chi connectivity index (χ0v) is 19.6. The standard InChI is InChI=1S/C27H32O3Si/c1-27(2,3)31(24-10-6-4-7-11-24,25-12-8-5-9-13-25)30-19-21-14-16-22(17-15-21)26(28)18-23-20-29-23/h4-17,23,26,28H,18-20H2,1-3H3/t23?,26-/m1/s1. The van der Waals surface area contributed by atoms with E-state index in [1.807, 2.05) is 12.1 Å². The first kappa shape index (κ1) is 22.0. The van der Waals surface area contributed by atoms with Crippen molar-refractivity contribution in [3.05, 3.63) is 96.1 Å². The quantitative estimate of drug-likeness (QED) is 0.418. The molecule has 2 atom stereocenters. The van der Waals surface area contributed by atoms with Gasteiger partial charge in [0.05, 0.1) is 25.4 Å². The molecule has 1 heterocycles. The number of rotatable bonds is 8. The molecule has 3 aromatic rings. The van der Waals surface area contributed by atoms with Crippen molar-refractivity contribution in [1.82, 2.24) is 0 Å². The third kappa shape index (κ3) is 4.83. The third-order valence-electron chi connectivity index (χ3n) is 6.13. The Morgan fingerprint density at radius 3 is 1.87 bits per heavy atom. The molecule has 162 valence electrons. The molecule has 1 unspecified atom stereocenters. The van der Waals surface area contributed by atoms with Gasteiger partial charge in [-0.1, -0.05) is 106 Å². The van der Waals surface area contributed by atoms with Crippen LogP contribution in [0.5, 0.6) is 0 Å². The van der Waals surface area contributed by atoms with Gasteiger partial charge in [-0.3, -0.25) is 0 Å². The Hall–Kier alpha value is -2.24. The van der Waals surface area contributed by atoms with Crippen LogP contribution in [0.4, 0.5) is 0 Å². The average molecular weight is 433 g/mol. The molecule has 4 rings (SSSR count). The van der Waals surface area contributed by atoms with Crippen LogP contribution >= 0.6 is 0 Å². The summed E-state index contributed by atoms with van der Waals surface area (Å²) in [4.78, 5) is 0. The Bertz CT molecular complexity index is 921. The highest BCUT2D eigenvalue weighted by Crippen LogP contribution is 2.37. The maximum Gasteiger partial charge on any atom is 0.261 e. The summed E-state index contributed by atoms with van der Waals surface area (Å²) in [5, 5.41) is 12.9. The lowest BCUT2D eigenvalue weighted by molar-refractivity contribution is 0.154. The third-order valence-corrected chi connectivity index (χ3v) is 11.1. The average Bonchev–Trinajstić information content (AvgIpc) is 3.59. The Kier molecular flexibility index (Phi) is 6.44. The second-order valence-electron chi connectivity index (χ2n) is 9.40. The predicted octanol–water partition coefficient (Wildman–Crippen LogP) is 4.59. The van der Waals surface area contributed by atoms with Gasteiger partial charge in [0, 0.05) is 6.42 Å². The Morgan fingerprint density at radius 1 is 0.903 bits per heavy atom. The first-order valence-corrected chi connectivity index (χ1v) is 12.9. The van der Waals surface area contributed by atoms with E-state index in [1.165, 1.54) is 10.4 Å². The van der Waals surface area contributed by atoms with Gasteiger partial charge in [-0.2, -0.15) is 0 Å². The summed E-state index contributed by atoms with van der Waals surface area (Å²) < 4.78 is 12.2. The summed E-state index contributed by atoms with van der Waals surface area (Å²) in [5.41, 5.74) is 2.05. The molecule has 0 saturated carbocycles. The molecule has 0 aliphatic carbocycles. The fraction of sp³-hybridized carbons (Fsp3) is 0.333. The number of benzene rings is 3. The minimum Gasteiger partial charge on any atom is -0.403 e. The van der Waals surface area contributed by atoms with E-state index < -0.39 is 14.4 Å². The van der Waals surface area contributed by atoms with E-state index in [9.17, 15) is 5.11 Å². The molecular weight excluding hydrogens is 400 g/mol. The number of epoxide rings is 1. The number of hydrogen-bond acceptors (Lipinski definition) is 3. The predicted molar refractivity (Wildman–Crippen MR) is 128 cm³/mol. The molecule has 0 spiro atoms. The minimum absolute atomic E-state index is 0.0455. The highest BCUT2D eigenvalue weighted by Gasteiger charge is 2.50. The van der Waals surface area contributed by atoms with Gasteiger partial charge in [0.15, 0.2) is 0 Å². The van der Waals surface area contributed by atoms with Crippen molar-refractivity contribution in [2.24, 2.45) is 0 Å². The SMILES string of the molecule is CC(C)(C)[Si](OCc1ccc([C@H](O)CC2CO2)cc1)(c1ccccc1)c1ccccc1. The van der Waals surface area contributed by atoms with E-state index in [2.05, 4.69) is 93.6 Å². The Morgan fingerprint density at radius 2 is 1.42 bits per heavy atom. The fourth-order valence-corrected chi connectivity index (χ4v) is 8.92. The summed E-state index contributed by atoms with van der Waals surface area (Å²) in [6.45, 7) is 8.17. The van der Waals surface area contributed by atoms with Crippen molar-refractivity contribution in [2.45, 2.75) is 51.0 Å². The number of aliphatic hydroxyl groups is 1. The second kappa shape index (κ2) is 9.09. The lowest BCUT2D eigenvalue weighted by atomic mass is 10.0. The zero-order valence-electron chi connectivity index (χ0n) is 18.6. The molecule has 1 aliphatic heterocycles. The lowest BCUT2D eigenvalue weighted by Crippen LogP contribution is -2.66. The van der Waals surface area contributed by atoms with Crippen LogP contribution in [0, 0.1) is 0 Å². The summed E-state index contributed by atoms with van der Waals surface area (Å²) in [6, 6.07) is 29.6. The lowest BCUT2D eigenvalue weighted by Gasteiger charge is -2.43. The molecule has 4 heteroatoms. The maximum atomic E-state index is 10.4. The molecular formula is C27H32O3Si. The van der Waals surface area contributed by atoms with Crippen molar-refractivity contribution >= 4 is 18.7 Å². The van der Waals surface area contributed by atoms with E-state index in [0.717, 1.165) is 17.7 Å². The van der Waals surface area contributed by atoms with E-state index in [0.29, 0.717) is 13.0 Å². The van der Waals surface area contributed by atoms with E-state index >= 15 is 0 Å². The van der Waals surface area contributed by atoms with Crippen LogP contribution in [0.2, 0.25) is 5.04 Å². The van der Waals surface area contributed by atoms with Crippen molar-refractivity contribution in [3.8, 4) is 0 Å². The molecule has 1 aliphatic rings. The van der Waals surface area contributed by atoms with Gasteiger partial charge < -0.3 is 14.3 Å². The first-order chi connectivity index (χ1) is 14.9. The van der Waals surface area contributed by atoms with Crippen LogP contribution in [0.25, 0.3) is 0 Å². The minimum atomic E-state index is -2.55. The van der Waals surface area contributed by atoms with Crippen LogP contribution in [-0.2, 0) is 15.8 Å². The summed E-state index contributed by atoms with van der Waals surface area (Å²) in [7, 11) is -2.55. The van der Waals surface area contributed by atoms with Crippen LogP contribution in [-0.4, -0.2) is 26.1 Å². The zero-order chi connectivity index (χ0) is 21.9. The van der Waals surface area contributed by atoms with Gasteiger partial charge in [0.2, 0.25) is 0 Å². The van der Waals surface area contributed by atoms with Crippen LogP contribution in [0.15, 0.2) is 84.9 Å². The second-order valence-corrected chi connectivity index (χ2v) is 13.7. The smallest absolute Gasteiger partial charge is 0.261 e. The van der Waals surface area contributed by atoms with Crippen LogP contribution in [0.1, 0.15) is 44.4 Å². The van der Waals surface area contributed by atoms with Gasteiger partial charge in [-0.05, 0) is 26.5 Å². The van der Waals surface area contributed by atoms with Crippen LogP contribution < -0.4 is 10.4 Å². The molecule has 1 saturated heterocycles. The van der Waals surface area contributed by atoms with Gasteiger partial charge in [0.1, 0.15) is 0 Å². The van der Waals surface area contributed by atoms with E-state index in [1.54, 1.807) is 0 Å². The van der Waals surface area contributed by atoms with Crippen molar-refractivity contribution < 1.29 is 14.3 Å². The topological polar surface area (TPSA) is 42.0 Å². The number of aliphatic hydroxyl groups excluding tert-OH is 1. The molecule has 0 aromatic heterocycles. The molecule has 3 nitrogen and oxygen atoms in total. The van der Waals surface area contributed by atoms with Crippen molar-refractivity contribution in [1.29, 1.82) is 0 Å². The highest BCUT2D eigenvalue weighted by molar-refractivity contribution is 6.99. The first-order valence-electron chi connectivity index (χ1n) is 11.0. The highest BCUT2D eigenvalue weighted by atomic mass is 28.4. The molecule has 1 N–H and O–H groups in total. The van der Waals surface area contributed by atoms with Gasteiger partial charge in [0.25, 0.3) is 8.32 Å². The monoisotopic (exact) mass is 432 g/mol. The molecule has 1 fully saturated rings. The van der Waals surface area contributed by atoms with Crippen LogP contribution in [0.3, 0.4) is 0 Å². The molecule has 0 amide bonds. The summed E-state index contributed by atoms with van der Waals surface area (Å²) in [6.07, 6.45) is 0.407. The number of ether oxygens (including phenoxy) is 1. The van der Waals surface area contributed by atoms with Crippen molar-refractivity contribution in [2.75, 3.05) is 6.61 Å². The molecule has 31 heavy (non-hydrogen) atoms. The van der Waals surface area contributed by atoms with Gasteiger partial charge in [-0.25, -0.2) is 0 Å². The Labute approximate surface area is 186 Å². The van der Waals surface area contributed by atoms with E-state index in [4.69, 9.17) is 9.16 Å². The van der Waals surface area contributed by atoms with Gasteiger partial charge in [-0.15, -0.1) is 0 Å². The fourth-order valence-electron chi connectivity index (χ4n) is 4.38. The van der Waals surface area contributed by atoms with E-state index in [-0.39, 0.29) is 11.1 Å². The summed E-state index contributed by atoms with van der Waals surface area (Å²) in [5.74, 6) is 0. The Balaban J connectivity index is 1.62. The van der Waals surface area contributed by atoms with Crippen molar-refractivity contribution in [3.63, 3.8) is 0 Å². The molecule has 3 aromatic carbocycles. The number of hydrogen-bond donors (Lipinski definition) is 1. The largest absolute Gasteiger partial charge is 0.403 e.